The van der Waals surface area contributed by atoms with Crippen LogP contribution in [0.2, 0.25) is 0 Å². The number of nitrogens with one attached hydrogen (secondary N) is 1. The molecule has 1 fully saturated rings. The molecule has 0 saturated carbocycles. The van der Waals surface area contributed by atoms with Crippen LogP contribution in [0.5, 0.6) is 11.6 Å². The summed E-state index contributed by atoms with van der Waals surface area (Å²) >= 11 is 0. The molecule has 4 aromatic carbocycles. The van der Waals surface area contributed by atoms with Gasteiger partial charge in [0.1, 0.15) is 6.10 Å². The Bertz CT molecular complexity index is 1850. The third-order valence-corrected chi connectivity index (χ3v) is 9.04. The van der Waals surface area contributed by atoms with Crippen molar-refractivity contribution in [2.75, 3.05) is 26.1 Å². The minimum Gasteiger partial charge on any atom is -0.489 e. The van der Waals surface area contributed by atoms with Crippen molar-refractivity contribution in [3.05, 3.63) is 154 Å². The van der Waals surface area contributed by atoms with E-state index in [9.17, 15) is 19.8 Å². The predicted octanol–water partition coefficient (Wildman–Crippen LogP) is 4.65. The van der Waals surface area contributed by atoms with Crippen LogP contribution >= 0.6 is 0 Å². The lowest BCUT2D eigenvalue weighted by Crippen LogP contribution is -2.58. The van der Waals surface area contributed by atoms with E-state index in [0.717, 1.165) is 22.3 Å². The van der Waals surface area contributed by atoms with Crippen molar-refractivity contribution in [2.24, 2.45) is 0 Å². The molecule has 2 heterocycles. The SMILES string of the molecule is COc1c(NC(=O)c2ccccc2C)nc(=O)n([C@@]2(C(c3ccccc3)(c3ccccc3)c3ccccc3)C[C@H](O)[C@@H](CO)O2)c1OC. The van der Waals surface area contributed by atoms with Crippen LogP contribution in [0.4, 0.5) is 5.82 Å². The van der Waals surface area contributed by atoms with Gasteiger partial charge >= 0.3 is 5.69 Å². The number of carbonyl (C=O) groups is 1. The first-order chi connectivity index (χ1) is 23.3. The number of rotatable bonds is 10. The fourth-order valence-electron chi connectivity index (χ4n) is 7.01. The van der Waals surface area contributed by atoms with Gasteiger partial charge in [0.25, 0.3) is 5.91 Å². The van der Waals surface area contributed by atoms with E-state index in [-0.39, 0.29) is 23.9 Å². The van der Waals surface area contributed by atoms with Crippen LogP contribution in [0.3, 0.4) is 0 Å². The van der Waals surface area contributed by atoms with E-state index in [2.05, 4.69) is 10.3 Å². The maximum Gasteiger partial charge on any atom is 0.355 e. The highest BCUT2D eigenvalue weighted by Gasteiger charge is 2.64. The van der Waals surface area contributed by atoms with Crippen molar-refractivity contribution in [2.45, 2.75) is 36.7 Å². The molecule has 246 valence electrons. The maximum atomic E-state index is 14.6. The van der Waals surface area contributed by atoms with Crippen LogP contribution in [-0.4, -0.2) is 58.7 Å². The zero-order valence-electron chi connectivity index (χ0n) is 26.9. The summed E-state index contributed by atoms with van der Waals surface area (Å²) in [6.45, 7) is 1.28. The Kier molecular flexibility index (Phi) is 9.14. The Labute approximate surface area is 278 Å². The van der Waals surface area contributed by atoms with Crippen molar-refractivity contribution in [1.29, 1.82) is 0 Å². The van der Waals surface area contributed by atoms with E-state index < -0.39 is 41.6 Å². The Morgan fingerprint density at radius 2 is 1.42 bits per heavy atom. The molecule has 48 heavy (non-hydrogen) atoms. The minimum atomic E-state index is -1.81. The summed E-state index contributed by atoms with van der Waals surface area (Å²) in [7, 11) is 2.75. The Morgan fingerprint density at radius 1 is 0.896 bits per heavy atom. The number of aryl methyl sites for hydroxylation is 1. The standard InChI is InChI=1S/C38H37N3O7/c1-25-15-13-14-22-29(25)34(44)39-33-32(46-2)35(47-3)41(36(45)40-33)37(23-30(43)31(24-42)48-37)38(26-16-7-4-8-17-26,27-18-9-5-10-19-27)28-20-11-6-12-21-28/h4-22,30-31,42-43H,23-24H2,1-3H3,(H,39,40,44,45)/t30-,31+,37-/m0/s1. The molecule has 1 amide bonds. The first-order valence-electron chi connectivity index (χ1n) is 15.6. The number of hydrogen-bond acceptors (Lipinski definition) is 8. The Hall–Kier alpha value is -5.29. The summed E-state index contributed by atoms with van der Waals surface area (Å²) in [5.41, 5.74) is -0.678. The second-order valence-corrected chi connectivity index (χ2v) is 11.6. The van der Waals surface area contributed by atoms with E-state index in [4.69, 9.17) is 14.2 Å². The van der Waals surface area contributed by atoms with Crippen LogP contribution in [0.15, 0.2) is 120 Å². The van der Waals surface area contributed by atoms with E-state index in [1.807, 2.05) is 97.1 Å². The zero-order valence-corrected chi connectivity index (χ0v) is 26.9. The maximum absolute atomic E-state index is 14.6. The average molecular weight is 648 g/mol. The third-order valence-electron chi connectivity index (χ3n) is 9.04. The smallest absolute Gasteiger partial charge is 0.355 e. The molecular weight excluding hydrogens is 610 g/mol. The van der Waals surface area contributed by atoms with Gasteiger partial charge in [-0.25, -0.2) is 9.36 Å². The highest BCUT2D eigenvalue weighted by Crippen LogP contribution is 2.58. The van der Waals surface area contributed by atoms with Crippen LogP contribution in [-0.2, 0) is 15.9 Å². The topological polar surface area (TPSA) is 132 Å². The van der Waals surface area contributed by atoms with Gasteiger partial charge in [0.2, 0.25) is 11.6 Å². The largest absolute Gasteiger partial charge is 0.489 e. The predicted molar refractivity (Wildman–Crippen MR) is 180 cm³/mol. The number of amides is 1. The molecule has 0 radical (unpaired) electrons. The third kappa shape index (κ3) is 5.24. The monoisotopic (exact) mass is 647 g/mol. The molecule has 10 nitrogen and oxygen atoms in total. The normalized spacial score (nSPS) is 19.1. The van der Waals surface area contributed by atoms with Gasteiger partial charge in [-0.15, -0.1) is 0 Å². The average Bonchev–Trinajstić information content (AvgIpc) is 3.46. The van der Waals surface area contributed by atoms with Crippen LogP contribution in [0.25, 0.3) is 0 Å². The second kappa shape index (κ2) is 13.4. The highest BCUT2D eigenvalue weighted by atomic mass is 16.6. The number of ether oxygens (including phenoxy) is 3. The summed E-state index contributed by atoms with van der Waals surface area (Å²) < 4.78 is 19.9. The molecule has 3 atom stereocenters. The van der Waals surface area contributed by atoms with E-state index in [1.165, 1.54) is 18.8 Å². The molecule has 0 bridgehead atoms. The first kappa shape index (κ1) is 32.6. The number of anilines is 1. The summed E-state index contributed by atoms with van der Waals surface area (Å²) in [5, 5.41) is 24.7. The molecule has 3 N–H and O–H groups in total. The van der Waals surface area contributed by atoms with Gasteiger partial charge in [-0.3, -0.25) is 4.79 Å². The van der Waals surface area contributed by atoms with Gasteiger partial charge in [0, 0.05) is 12.0 Å². The fraction of sp³-hybridized carbons (Fsp3) is 0.237. The number of aromatic nitrogens is 2. The van der Waals surface area contributed by atoms with Crippen LogP contribution in [0.1, 0.15) is 39.0 Å². The van der Waals surface area contributed by atoms with Gasteiger partial charge in [0.05, 0.1) is 32.3 Å². The molecule has 1 saturated heterocycles. The first-order valence-corrected chi connectivity index (χ1v) is 15.6. The molecule has 6 rings (SSSR count). The van der Waals surface area contributed by atoms with Gasteiger partial charge < -0.3 is 29.7 Å². The summed E-state index contributed by atoms with van der Waals surface area (Å²) in [5.74, 6) is -0.781. The molecule has 1 aliphatic heterocycles. The van der Waals surface area contributed by atoms with Crippen molar-refractivity contribution < 1.29 is 29.2 Å². The molecule has 0 unspecified atom stereocenters. The molecule has 1 aromatic heterocycles. The summed E-state index contributed by atoms with van der Waals surface area (Å²) in [4.78, 5) is 32.4. The van der Waals surface area contributed by atoms with Gasteiger partial charge in [-0.05, 0) is 35.2 Å². The van der Waals surface area contributed by atoms with E-state index >= 15 is 0 Å². The quantitative estimate of drug-likeness (QED) is 0.187. The fourth-order valence-corrected chi connectivity index (χ4v) is 7.01. The number of aliphatic hydroxyl groups is 2. The van der Waals surface area contributed by atoms with Gasteiger partial charge in [-0.1, -0.05) is 109 Å². The lowest BCUT2D eigenvalue weighted by atomic mass is 9.61. The van der Waals surface area contributed by atoms with E-state index in [0.29, 0.717) is 5.56 Å². The molecule has 1 aliphatic rings. The molecule has 0 aliphatic carbocycles. The molecule has 0 spiro atoms. The highest BCUT2D eigenvalue weighted by molar-refractivity contribution is 6.05. The van der Waals surface area contributed by atoms with E-state index in [1.54, 1.807) is 25.1 Å². The van der Waals surface area contributed by atoms with Crippen molar-refractivity contribution in [3.63, 3.8) is 0 Å². The number of carbonyl (C=O) groups excluding carboxylic acids is 1. The number of hydrogen-bond donors (Lipinski definition) is 3. The van der Waals surface area contributed by atoms with Gasteiger partial charge in [-0.2, -0.15) is 4.98 Å². The van der Waals surface area contributed by atoms with Crippen molar-refractivity contribution >= 4 is 11.7 Å². The summed E-state index contributed by atoms with van der Waals surface area (Å²) in [6, 6.07) is 35.6. The second-order valence-electron chi connectivity index (χ2n) is 11.6. The zero-order chi connectivity index (χ0) is 33.9. The Balaban J connectivity index is 1.72. The minimum absolute atomic E-state index is 0.0352. The number of benzene rings is 4. The van der Waals surface area contributed by atoms with Crippen molar-refractivity contribution in [1.82, 2.24) is 9.55 Å². The molecular formula is C38H37N3O7. The van der Waals surface area contributed by atoms with Gasteiger partial charge in [0.15, 0.2) is 11.5 Å². The lowest BCUT2D eigenvalue weighted by Gasteiger charge is -2.50. The number of methoxy groups -OCH3 is 2. The summed E-state index contributed by atoms with van der Waals surface area (Å²) in [6.07, 6.45) is -2.44. The van der Waals surface area contributed by atoms with Crippen LogP contribution < -0.4 is 20.5 Å². The lowest BCUT2D eigenvalue weighted by molar-refractivity contribution is -0.149. The number of nitrogens with zero attached hydrogens (tertiary/aromatic N) is 2. The Morgan fingerprint density at radius 3 is 1.88 bits per heavy atom. The number of aliphatic hydroxyl groups excluding tert-OH is 2. The van der Waals surface area contributed by atoms with Crippen molar-refractivity contribution in [3.8, 4) is 11.6 Å². The van der Waals surface area contributed by atoms with Crippen LogP contribution in [0, 0.1) is 6.92 Å². The molecule has 5 aromatic rings. The molecule has 10 heteroatoms.